The van der Waals surface area contributed by atoms with Crippen LogP contribution in [0.2, 0.25) is 0 Å². The number of hydrogen-bond acceptors (Lipinski definition) is 1. The van der Waals surface area contributed by atoms with Crippen LogP contribution in [0.1, 0.15) is 47.5 Å². The van der Waals surface area contributed by atoms with Gasteiger partial charge in [0.15, 0.2) is 5.78 Å². The second-order valence-electron chi connectivity index (χ2n) is 5.78. The predicted octanol–water partition coefficient (Wildman–Crippen LogP) is 3.90. The largest absolute Gasteiger partial charge is 0.295 e. The second-order valence-corrected chi connectivity index (χ2v) is 5.78. The molecule has 0 unspecified atom stereocenters. The Labute approximate surface area is 93.3 Å². The fourth-order valence-corrected chi connectivity index (χ4v) is 2.23. The highest BCUT2D eigenvalue weighted by Gasteiger charge is 2.24. The van der Waals surface area contributed by atoms with Crippen molar-refractivity contribution < 1.29 is 4.79 Å². The average Bonchev–Trinajstić information content (AvgIpc) is 1.99. The summed E-state index contributed by atoms with van der Waals surface area (Å²) >= 11 is 0. The molecule has 0 aliphatic heterocycles. The van der Waals surface area contributed by atoms with Crippen LogP contribution in [-0.2, 0) is 4.79 Å². The second kappa shape index (κ2) is 4.34. The Morgan fingerprint density at radius 2 is 2.00 bits per heavy atom. The van der Waals surface area contributed by atoms with Gasteiger partial charge in [-0.3, -0.25) is 4.79 Å². The minimum absolute atomic E-state index is 0.108. The van der Waals surface area contributed by atoms with Gasteiger partial charge >= 0.3 is 0 Å². The zero-order chi connectivity index (χ0) is 11.6. The van der Waals surface area contributed by atoms with Crippen LogP contribution in [0.15, 0.2) is 23.3 Å². The van der Waals surface area contributed by atoms with Gasteiger partial charge in [0, 0.05) is 5.92 Å². The van der Waals surface area contributed by atoms with E-state index in [1.165, 1.54) is 11.1 Å². The monoisotopic (exact) mass is 206 g/mol. The molecule has 0 aromatic heterocycles. The summed E-state index contributed by atoms with van der Waals surface area (Å²) in [5.74, 6) is 0.350. The Bertz CT molecular complexity index is 316. The number of carbonyl (C=O) groups is 1. The van der Waals surface area contributed by atoms with E-state index in [1.807, 2.05) is 19.9 Å². The van der Waals surface area contributed by atoms with Gasteiger partial charge in [0.2, 0.25) is 0 Å². The van der Waals surface area contributed by atoms with Gasteiger partial charge in [0.25, 0.3) is 0 Å². The van der Waals surface area contributed by atoms with Crippen molar-refractivity contribution in [1.82, 2.24) is 0 Å². The van der Waals surface area contributed by atoms with Gasteiger partial charge in [0.05, 0.1) is 0 Å². The summed E-state index contributed by atoms with van der Waals surface area (Å²) in [7, 11) is 0. The average molecular weight is 206 g/mol. The summed E-state index contributed by atoms with van der Waals surface area (Å²) < 4.78 is 0. The molecule has 0 bridgehead atoms. The Hall–Kier alpha value is -0.850. The minimum atomic E-state index is 0.108. The van der Waals surface area contributed by atoms with Gasteiger partial charge in [-0.15, -0.1) is 0 Å². The lowest BCUT2D eigenvalue weighted by molar-refractivity contribution is -0.117. The first kappa shape index (κ1) is 12.2. The quantitative estimate of drug-likeness (QED) is 0.626. The maximum absolute atomic E-state index is 11.6. The SMILES string of the molecule is CC1=C/C(=C\C(=O)C(C)C)CC(C)(C)C1. The maximum Gasteiger partial charge on any atom is 0.158 e. The van der Waals surface area contributed by atoms with Crippen molar-refractivity contribution in [3.05, 3.63) is 23.3 Å². The fraction of sp³-hybridized carbons (Fsp3) is 0.643. The molecule has 0 amide bonds. The van der Waals surface area contributed by atoms with Crippen molar-refractivity contribution in [2.75, 3.05) is 0 Å². The van der Waals surface area contributed by atoms with E-state index in [-0.39, 0.29) is 11.7 Å². The van der Waals surface area contributed by atoms with Gasteiger partial charge in [-0.25, -0.2) is 0 Å². The van der Waals surface area contributed by atoms with Crippen LogP contribution in [-0.4, -0.2) is 5.78 Å². The van der Waals surface area contributed by atoms with E-state index in [2.05, 4.69) is 26.8 Å². The van der Waals surface area contributed by atoms with Crippen LogP contribution >= 0.6 is 0 Å². The fourth-order valence-electron chi connectivity index (χ4n) is 2.23. The van der Waals surface area contributed by atoms with Crippen molar-refractivity contribution in [3.63, 3.8) is 0 Å². The molecular formula is C14H22O. The summed E-state index contributed by atoms with van der Waals surface area (Å²) in [5.41, 5.74) is 2.89. The molecule has 0 saturated heterocycles. The van der Waals surface area contributed by atoms with Crippen LogP contribution in [0.4, 0.5) is 0 Å². The van der Waals surface area contributed by atoms with Crippen LogP contribution in [0, 0.1) is 11.3 Å². The van der Waals surface area contributed by atoms with E-state index < -0.39 is 0 Å². The molecule has 0 atom stereocenters. The zero-order valence-corrected chi connectivity index (χ0v) is 10.6. The molecule has 84 valence electrons. The molecule has 0 heterocycles. The Balaban J connectivity index is 2.88. The molecule has 1 rings (SSSR count). The van der Waals surface area contributed by atoms with Crippen LogP contribution in [0.3, 0.4) is 0 Å². The van der Waals surface area contributed by atoms with E-state index in [4.69, 9.17) is 0 Å². The maximum atomic E-state index is 11.6. The Kier molecular flexibility index (Phi) is 3.54. The lowest BCUT2D eigenvalue weighted by atomic mass is 9.75. The van der Waals surface area contributed by atoms with Gasteiger partial charge in [-0.1, -0.05) is 39.3 Å². The molecule has 0 N–H and O–H groups in total. The number of ketones is 1. The van der Waals surface area contributed by atoms with E-state index in [0.29, 0.717) is 5.41 Å². The molecule has 0 fully saturated rings. The smallest absolute Gasteiger partial charge is 0.158 e. The number of allylic oxidation sites excluding steroid dienone is 4. The molecule has 0 aromatic carbocycles. The summed E-state index contributed by atoms with van der Waals surface area (Å²) in [5, 5.41) is 0. The number of carbonyl (C=O) groups excluding carboxylic acids is 1. The molecule has 0 radical (unpaired) electrons. The molecule has 1 nitrogen and oxygen atoms in total. The first-order chi connectivity index (χ1) is 6.80. The molecule has 0 aromatic rings. The normalized spacial score (nSPS) is 23.1. The lowest BCUT2D eigenvalue weighted by Gasteiger charge is -2.30. The summed E-state index contributed by atoms with van der Waals surface area (Å²) in [6, 6.07) is 0. The molecule has 15 heavy (non-hydrogen) atoms. The molecule has 1 heteroatoms. The van der Waals surface area contributed by atoms with Crippen LogP contribution in [0.5, 0.6) is 0 Å². The van der Waals surface area contributed by atoms with E-state index in [0.717, 1.165) is 12.8 Å². The molecule has 1 aliphatic rings. The third-order valence-corrected chi connectivity index (χ3v) is 2.77. The molecule has 0 saturated carbocycles. The van der Waals surface area contributed by atoms with Crippen molar-refractivity contribution in [3.8, 4) is 0 Å². The van der Waals surface area contributed by atoms with Crippen LogP contribution in [0.25, 0.3) is 0 Å². The highest BCUT2D eigenvalue weighted by Crippen LogP contribution is 2.37. The van der Waals surface area contributed by atoms with Crippen molar-refractivity contribution >= 4 is 5.78 Å². The van der Waals surface area contributed by atoms with Gasteiger partial charge in [0.1, 0.15) is 0 Å². The summed E-state index contributed by atoms with van der Waals surface area (Å²) in [4.78, 5) is 11.6. The number of hydrogen-bond donors (Lipinski definition) is 0. The third kappa shape index (κ3) is 3.65. The Morgan fingerprint density at radius 1 is 1.40 bits per heavy atom. The standard InChI is InChI=1S/C14H22O/c1-10(2)13(15)7-12-6-11(3)8-14(4,5)9-12/h6-7,10H,8-9H2,1-5H3/b12-7+. The van der Waals surface area contributed by atoms with Crippen molar-refractivity contribution in [1.29, 1.82) is 0 Å². The number of rotatable bonds is 2. The molecule has 0 spiro atoms. The summed E-state index contributed by atoms with van der Waals surface area (Å²) in [6.45, 7) is 10.6. The van der Waals surface area contributed by atoms with Crippen molar-refractivity contribution in [2.24, 2.45) is 11.3 Å². The van der Waals surface area contributed by atoms with E-state index in [1.54, 1.807) is 0 Å². The van der Waals surface area contributed by atoms with Crippen molar-refractivity contribution in [2.45, 2.75) is 47.5 Å². The van der Waals surface area contributed by atoms with E-state index >= 15 is 0 Å². The summed E-state index contributed by atoms with van der Waals surface area (Å²) in [6.07, 6.45) is 6.16. The molecular weight excluding hydrogens is 184 g/mol. The predicted molar refractivity (Wildman–Crippen MR) is 64.7 cm³/mol. The lowest BCUT2D eigenvalue weighted by Crippen LogP contribution is -2.17. The van der Waals surface area contributed by atoms with Crippen LogP contribution < -0.4 is 0 Å². The zero-order valence-electron chi connectivity index (χ0n) is 10.6. The first-order valence-electron chi connectivity index (χ1n) is 5.72. The molecule has 1 aliphatic carbocycles. The van der Waals surface area contributed by atoms with Gasteiger partial charge in [-0.05, 0) is 36.8 Å². The Morgan fingerprint density at radius 3 is 2.47 bits per heavy atom. The topological polar surface area (TPSA) is 17.1 Å². The van der Waals surface area contributed by atoms with Gasteiger partial charge < -0.3 is 0 Å². The third-order valence-electron chi connectivity index (χ3n) is 2.77. The van der Waals surface area contributed by atoms with Gasteiger partial charge in [-0.2, -0.15) is 0 Å². The highest BCUT2D eigenvalue weighted by atomic mass is 16.1. The minimum Gasteiger partial charge on any atom is -0.295 e. The van der Waals surface area contributed by atoms with E-state index in [9.17, 15) is 4.79 Å². The highest BCUT2D eigenvalue weighted by molar-refractivity contribution is 5.92. The first-order valence-corrected chi connectivity index (χ1v) is 5.72.